The molecule has 24 heavy (non-hydrogen) atoms. The summed E-state index contributed by atoms with van der Waals surface area (Å²) in [5.74, 6) is 0.351. The summed E-state index contributed by atoms with van der Waals surface area (Å²) >= 11 is 2.87. The molecule has 128 valence electrons. The third kappa shape index (κ3) is 5.47. The van der Waals surface area contributed by atoms with Crippen molar-refractivity contribution in [2.75, 3.05) is 24.2 Å². The Bertz CT molecular complexity index is 645. The number of carbonyl (C=O) groups excluding carboxylic acids is 1. The highest BCUT2D eigenvalue weighted by Crippen LogP contribution is 2.25. The summed E-state index contributed by atoms with van der Waals surface area (Å²) in [7, 11) is 0. The van der Waals surface area contributed by atoms with Crippen LogP contribution in [-0.2, 0) is 16.1 Å². The number of nitrogens with zero attached hydrogens (tertiary/aromatic N) is 2. The van der Waals surface area contributed by atoms with Gasteiger partial charge in [-0.3, -0.25) is 4.79 Å². The van der Waals surface area contributed by atoms with Crippen LogP contribution < -0.4 is 10.6 Å². The van der Waals surface area contributed by atoms with E-state index >= 15 is 0 Å². The molecule has 1 saturated heterocycles. The fraction of sp³-hybridized carbons (Fsp3) is 0.438. The Kier molecular flexibility index (Phi) is 6.45. The van der Waals surface area contributed by atoms with Gasteiger partial charge in [0.15, 0.2) is 4.34 Å². The number of ether oxygens (including phenoxy) is 1. The van der Waals surface area contributed by atoms with Crippen molar-refractivity contribution in [2.24, 2.45) is 0 Å². The van der Waals surface area contributed by atoms with Crippen molar-refractivity contribution in [3.63, 3.8) is 0 Å². The molecule has 1 aliphatic heterocycles. The summed E-state index contributed by atoms with van der Waals surface area (Å²) in [5, 5.41) is 15.1. The molecule has 1 aliphatic rings. The van der Waals surface area contributed by atoms with Gasteiger partial charge in [-0.15, -0.1) is 10.2 Å². The summed E-state index contributed by atoms with van der Waals surface area (Å²) in [6.07, 6.45) is 2.29. The van der Waals surface area contributed by atoms with Crippen molar-refractivity contribution >= 4 is 34.1 Å². The molecule has 2 aromatic rings. The van der Waals surface area contributed by atoms with E-state index in [-0.39, 0.29) is 12.0 Å². The number of carbonyl (C=O) groups is 1. The Morgan fingerprint density at radius 1 is 1.33 bits per heavy atom. The van der Waals surface area contributed by atoms with Crippen LogP contribution in [0.25, 0.3) is 0 Å². The molecule has 0 bridgehead atoms. The van der Waals surface area contributed by atoms with Crippen LogP contribution in [0.5, 0.6) is 0 Å². The van der Waals surface area contributed by atoms with Gasteiger partial charge in [-0.25, -0.2) is 0 Å². The van der Waals surface area contributed by atoms with Gasteiger partial charge in [-0.1, -0.05) is 53.4 Å². The van der Waals surface area contributed by atoms with Crippen molar-refractivity contribution in [3.05, 3.63) is 35.9 Å². The molecule has 0 unspecified atom stereocenters. The van der Waals surface area contributed by atoms with Crippen LogP contribution in [0, 0.1) is 0 Å². The Morgan fingerprint density at radius 3 is 3.00 bits per heavy atom. The normalized spacial score (nSPS) is 16.9. The Balaban J connectivity index is 1.36. The quantitative estimate of drug-likeness (QED) is 0.701. The zero-order valence-electron chi connectivity index (χ0n) is 13.2. The number of amides is 1. The van der Waals surface area contributed by atoms with Crippen molar-refractivity contribution in [2.45, 2.75) is 29.8 Å². The van der Waals surface area contributed by atoms with Crippen LogP contribution in [0.3, 0.4) is 0 Å². The van der Waals surface area contributed by atoms with Gasteiger partial charge in [-0.05, 0) is 18.4 Å². The molecule has 2 N–H and O–H groups in total. The van der Waals surface area contributed by atoms with E-state index in [0.717, 1.165) is 28.9 Å². The number of hydrogen-bond donors (Lipinski definition) is 2. The van der Waals surface area contributed by atoms with Crippen molar-refractivity contribution in [1.29, 1.82) is 0 Å². The number of anilines is 1. The maximum atomic E-state index is 11.8. The number of thioether (sulfide) groups is 1. The lowest BCUT2D eigenvalue weighted by molar-refractivity contribution is -0.119. The fourth-order valence-electron chi connectivity index (χ4n) is 2.32. The number of nitrogens with one attached hydrogen (secondary N) is 2. The molecule has 1 atom stereocenters. The molecule has 0 radical (unpaired) electrons. The van der Waals surface area contributed by atoms with Gasteiger partial charge >= 0.3 is 0 Å². The van der Waals surface area contributed by atoms with Gasteiger partial charge < -0.3 is 15.4 Å². The summed E-state index contributed by atoms with van der Waals surface area (Å²) in [6, 6.07) is 10.1. The maximum Gasteiger partial charge on any atom is 0.230 e. The largest absolute Gasteiger partial charge is 0.376 e. The van der Waals surface area contributed by atoms with Crippen LogP contribution in [-0.4, -0.2) is 41.1 Å². The molecule has 3 rings (SSSR count). The van der Waals surface area contributed by atoms with Crippen LogP contribution in [0.1, 0.15) is 18.4 Å². The van der Waals surface area contributed by atoms with E-state index in [1.54, 1.807) is 0 Å². The molecule has 0 aliphatic carbocycles. The predicted octanol–water partition coefficient (Wildman–Crippen LogP) is 2.54. The van der Waals surface area contributed by atoms with E-state index in [1.807, 2.05) is 18.2 Å². The molecule has 6 nitrogen and oxygen atoms in total. The van der Waals surface area contributed by atoms with E-state index < -0.39 is 0 Å². The van der Waals surface area contributed by atoms with E-state index in [9.17, 15) is 4.79 Å². The van der Waals surface area contributed by atoms with E-state index in [1.165, 1.54) is 28.7 Å². The number of aromatic nitrogens is 2. The van der Waals surface area contributed by atoms with Gasteiger partial charge in [0.1, 0.15) is 0 Å². The average molecular weight is 364 g/mol. The average Bonchev–Trinajstić information content (AvgIpc) is 3.29. The molecular weight excluding hydrogens is 344 g/mol. The SMILES string of the molecule is O=C(CSc1nnc(NCc2ccccc2)s1)NC[C@H]1CCCO1. The van der Waals surface area contributed by atoms with Gasteiger partial charge in [-0.2, -0.15) is 0 Å². The minimum Gasteiger partial charge on any atom is -0.376 e. The topological polar surface area (TPSA) is 76.1 Å². The van der Waals surface area contributed by atoms with Crippen molar-refractivity contribution in [3.8, 4) is 0 Å². The Hall–Kier alpha value is -1.64. The lowest BCUT2D eigenvalue weighted by atomic mass is 10.2. The lowest BCUT2D eigenvalue weighted by Crippen LogP contribution is -2.32. The van der Waals surface area contributed by atoms with E-state index in [4.69, 9.17) is 4.74 Å². The lowest BCUT2D eigenvalue weighted by Gasteiger charge is -2.09. The third-order valence-electron chi connectivity index (χ3n) is 3.57. The molecule has 2 heterocycles. The zero-order chi connectivity index (χ0) is 16.6. The highest BCUT2D eigenvalue weighted by molar-refractivity contribution is 8.01. The Morgan fingerprint density at radius 2 is 2.21 bits per heavy atom. The van der Waals surface area contributed by atoms with E-state index in [2.05, 4.69) is 33.0 Å². The third-order valence-corrected chi connectivity index (χ3v) is 5.58. The van der Waals surface area contributed by atoms with Crippen LogP contribution in [0.2, 0.25) is 0 Å². The minimum atomic E-state index is 0.00416. The highest BCUT2D eigenvalue weighted by Gasteiger charge is 2.16. The standard InChI is InChI=1S/C16H20N4O2S2/c21-14(17-10-13-7-4-8-22-13)11-23-16-20-19-15(24-16)18-9-12-5-2-1-3-6-12/h1-3,5-6,13H,4,7-11H2,(H,17,21)(H,18,19)/t13-/m1/s1. The smallest absolute Gasteiger partial charge is 0.230 e. The second-order valence-corrected chi connectivity index (χ2v) is 7.64. The first-order valence-electron chi connectivity index (χ1n) is 7.92. The predicted molar refractivity (Wildman–Crippen MR) is 96.4 cm³/mol. The molecule has 1 aromatic heterocycles. The van der Waals surface area contributed by atoms with Gasteiger partial charge in [0.25, 0.3) is 0 Å². The van der Waals surface area contributed by atoms with Gasteiger partial charge in [0.05, 0.1) is 11.9 Å². The number of rotatable bonds is 8. The number of hydrogen-bond acceptors (Lipinski definition) is 7. The first-order valence-corrected chi connectivity index (χ1v) is 9.72. The van der Waals surface area contributed by atoms with E-state index in [0.29, 0.717) is 18.8 Å². The van der Waals surface area contributed by atoms with Crippen LogP contribution in [0.4, 0.5) is 5.13 Å². The zero-order valence-corrected chi connectivity index (χ0v) is 14.9. The van der Waals surface area contributed by atoms with Gasteiger partial charge in [0, 0.05) is 19.7 Å². The molecule has 0 spiro atoms. The fourth-order valence-corrected chi connectivity index (χ4v) is 3.90. The summed E-state index contributed by atoms with van der Waals surface area (Å²) in [6.45, 7) is 2.11. The second kappa shape index (κ2) is 9.00. The molecule has 1 amide bonds. The molecule has 0 saturated carbocycles. The summed E-state index contributed by atoms with van der Waals surface area (Å²) < 4.78 is 6.27. The molecule has 8 heteroatoms. The van der Waals surface area contributed by atoms with Crippen LogP contribution >= 0.6 is 23.1 Å². The summed E-state index contributed by atoms with van der Waals surface area (Å²) in [4.78, 5) is 11.8. The number of benzene rings is 1. The van der Waals surface area contributed by atoms with Crippen molar-refractivity contribution in [1.82, 2.24) is 15.5 Å². The highest BCUT2D eigenvalue weighted by atomic mass is 32.2. The van der Waals surface area contributed by atoms with Crippen molar-refractivity contribution < 1.29 is 9.53 Å². The first kappa shape index (κ1) is 17.2. The second-order valence-electron chi connectivity index (χ2n) is 5.44. The first-order chi connectivity index (χ1) is 11.8. The van der Waals surface area contributed by atoms with Crippen LogP contribution in [0.15, 0.2) is 34.7 Å². The minimum absolute atomic E-state index is 0.00416. The maximum absolute atomic E-state index is 11.8. The Labute approximate surface area is 149 Å². The molecule has 1 aromatic carbocycles. The van der Waals surface area contributed by atoms with Gasteiger partial charge in [0.2, 0.25) is 11.0 Å². The molecule has 1 fully saturated rings. The summed E-state index contributed by atoms with van der Waals surface area (Å²) in [5.41, 5.74) is 1.19. The molecular formula is C16H20N4O2S2. The monoisotopic (exact) mass is 364 g/mol.